The standard InChI is InChI=1S/C16H16O3/c1-10-2-4-11(5-3-10)13-8-12-6-7-14(17)15(18)16(12)19-9-13/h2-7,13,17-18H,8-9H2,1H3/t13-/m1/s1. The fraction of sp³-hybridized carbons (Fsp3) is 0.250. The molecule has 2 N–H and O–H groups in total. The molecule has 1 aliphatic rings. The summed E-state index contributed by atoms with van der Waals surface area (Å²) in [6.07, 6.45) is 0.812. The predicted octanol–water partition coefficient (Wildman–Crippen LogP) is 3.12. The average Bonchev–Trinajstić information content (AvgIpc) is 2.43. The van der Waals surface area contributed by atoms with E-state index in [9.17, 15) is 10.2 Å². The van der Waals surface area contributed by atoms with Gasteiger partial charge in [-0.25, -0.2) is 0 Å². The van der Waals surface area contributed by atoms with E-state index in [-0.39, 0.29) is 17.4 Å². The van der Waals surface area contributed by atoms with Crippen molar-refractivity contribution in [2.45, 2.75) is 19.3 Å². The van der Waals surface area contributed by atoms with Gasteiger partial charge in [0, 0.05) is 5.92 Å². The highest BCUT2D eigenvalue weighted by atomic mass is 16.5. The molecule has 2 aromatic rings. The maximum Gasteiger partial charge on any atom is 0.200 e. The van der Waals surface area contributed by atoms with Crippen molar-refractivity contribution in [3.63, 3.8) is 0 Å². The molecule has 19 heavy (non-hydrogen) atoms. The molecule has 3 heteroatoms. The highest BCUT2D eigenvalue weighted by Gasteiger charge is 2.24. The van der Waals surface area contributed by atoms with Gasteiger partial charge >= 0.3 is 0 Å². The van der Waals surface area contributed by atoms with Gasteiger partial charge in [-0.05, 0) is 30.5 Å². The molecule has 0 aliphatic carbocycles. The van der Waals surface area contributed by atoms with Crippen molar-refractivity contribution in [3.8, 4) is 17.2 Å². The van der Waals surface area contributed by atoms with Crippen LogP contribution < -0.4 is 4.74 Å². The molecular formula is C16H16O3. The van der Waals surface area contributed by atoms with Crippen LogP contribution in [-0.4, -0.2) is 16.8 Å². The van der Waals surface area contributed by atoms with E-state index in [1.807, 2.05) is 6.07 Å². The maximum atomic E-state index is 9.76. The molecule has 0 saturated carbocycles. The molecule has 0 bridgehead atoms. The second kappa shape index (κ2) is 4.50. The lowest BCUT2D eigenvalue weighted by atomic mass is 9.90. The van der Waals surface area contributed by atoms with Crippen molar-refractivity contribution in [2.75, 3.05) is 6.61 Å². The Bertz CT molecular complexity index is 602. The van der Waals surface area contributed by atoms with Crippen molar-refractivity contribution < 1.29 is 14.9 Å². The summed E-state index contributed by atoms with van der Waals surface area (Å²) in [5.41, 5.74) is 3.42. The molecule has 3 nitrogen and oxygen atoms in total. The van der Waals surface area contributed by atoms with Gasteiger partial charge in [0.15, 0.2) is 11.5 Å². The zero-order chi connectivity index (χ0) is 13.4. The quantitative estimate of drug-likeness (QED) is 0.771. The van der Waals surface area contributed by atoms with Gasteiger partial charge in [0.1, 0.15) is 0 Å². The summed E-state index contributed by atoms with van der Waals surface area (Å²) in [5, 5.41) is 19.2. The summed E-state index contributed by atoms with van der Waals surface area (Å²) in [7, 11) is 0. The van der Waals surface area contributed by atoms with E-state index in [0.29, 0.717) is 12.4 Å². The van der Waals surface area contributed by atoms with E-state index in [1.165, 1.54) is 17.2 Å². The van der Waals surface area contributed by atoms with Gasteiger partial charge in [0.2, 0.25) is 5.75 Å². The van der Waals surface area contributed by atoms with E-state index in [0.717, 1.165) is 12.0 Å². The number of aryl methyl sites for hydroxylation is 1. The summed E-state index contributed by atoms with van der Waals surface area (Å²) in [6, 6.07) is 11.8. The smallest absolute Gasteiger partial charge is 0.200 e. The zero-order valence-electron chi connectivity index (χ0n) is 10.8. The fourth-order valence-corrected chi connectivity index (χ4v) is 2.49. The summed E-state index contributed by atoms with van der Waals surface area (Å²) in [5.74, 6) is 0.424. The van der Waals surface area contributed by atoms with E-state index in [1.54, 1.807) is 0 Å². The van der Waals surface area contributed by atoms with E-state index < -0.39 is 0 Å². The first-order valence-corrected chi connectivity index (χ1v) is 6.38. The monoisotopic (exact) mass is 256 g/mol. The largest absolute Gasteiger partial charge is 0.504 e. The Morgan fingerprint density at radius 2 is 1.79 bits per heavy atom. The van der Waals surface area contributed by atoms with E-state index in [4.69, 9.17) is 4.74 Å². The number of phenols is 2. The number of aromatic hydroxyl groups is 2. The first kappa shape index (κ1) is 11.9. The van der Waals surface area contributed by atoms with Gasteiger partial charge in [-0.1, -0.05) is 35.9 Å². The normalized spacial score (nSPS) is 17.6. The Hall–Kier alpha value is -2.16. The summed E-state index contributed by atoms with van der Waals surface area (Å²) in [6.45, 7) is 2.59. The van der Waals surface area contributed by atoms with E-state index >= 15 is 0 Å². The summed E-state index contributed by atoms with van der Waals surface area (Å²) in [4.78, 5) is 0. The van der Waals surface area contributed by atoms with E-state index in [2.05, 4.69) is 31.2 Å². The molecule has 0 saturated heterocycles. The number of fused-ring (bicyclic) bond motifs is 1. The topological polar surface area (TPSA) is 49.7 Å². The van der Waals surface area contributed by atoms with Crippen LogP contribution in [0.25, 0.3) is 0 Å². The lowest BCUT2D eigenvalue weighted by molar-refractivity contribution is 0.246. The van der Waals surface area contributed by atoms with Gasteiger partial charge < -0.3 is 14.9 Å². The van der Waals surface area contributed by atoms with Gasteiger partial charge in [-0.2, -0.15) is 0 Å². The average molecular weight is 256 g/mol. The van der Waals surface area contributed by atoms with Crippen LogP contribution in [0, 0.1) is 6.92 Å². The molecule has 1 heterocycles. The number of phenolic OH excluding ortho intramolecular Hbond substituents is 2. The molecule has 2 aromatic carbocycles. The van der Waals surface area contributed by atoms with Gasteiger partial charge in [-0.3, -0.25) is 0 Å². The number of ether oxygens (including phenoxy) is 1. The minimum absolute atomic E-state index is 0.132. The Morgan fingerprint density at radius 3 is 2.53 bits per heavy atom. The Balaban J connectivity index is 1.90. The molecule has 1 aliphatic heterocycles. The lowest BCUT2D eigenvalue weighted by Crippen LogP contribution is -2.19. The van der Waals surface area contributed by atoms with Crippen molar-refractivity contribution in [1.29, 1.82) is 0 Å². The van der Waals surface area contributed by atoms with Crippen molar-refractivity contribution in [2.24, 2.45) is 0 Å². The second-order valence-corrected chi connectivity index (χ2v) is 5.04. The molecule has 0 unspecified atom stereocenters. The third-order valence-corrected chi connectivity index (χ3v) is 3.64. The second-order valence-electron chi connectivity index (χ2n) is 5.04. The van der Waals surface area contributed by atoms with Gasteiger partial charge in [0.25, 0.3) is 0 Å². The lowest BCUT2D eigenvalue weighted by Gasteiger charge is -2.26. The van der Waals surface area contributed by atoms with Crippen LogP contribution >= 0.6 is 0 Å². The van der Waals surface area contributed by atoms with Crippen molar-refractivity contribution in [1.82, 2.24) is 0 Å². The molecule has 0 fully saturated rings. The van der Waals surface area contributed by atoms with Crippen molar-refractivity contribution in [3.05, 3.63) is 53.1 Å². The van der Waals surface area contributed by atoms with Crippen LogP contribution in [-0.2, 0) is 6.42 Å². The summed E-state index contributed by atoms with van der Waals surface area (Å²) >= 11 is 0. The van der Waals surface area contributed by atoms with Crippen LogP contribution in [0.1, 0.15) is 22.6 Å². The van der Waals surface area contributed by atoms with Gasteiger partial charge in [-0.15, -0.1) is 0 Å². The summed E-state index contributed by atoms with van der Waals surface area (Å²) < 4.78 is 5.62. The zero-order valence-corrected chi connectivity index (χ0v) is 10.8. The molecule has 1 atom stereocenters. The van der Waals surface area contributed by atoms with Crippen LogP contribution in [0.15, 0.2) is 36.4 Å². The van der Waals surface area contributed by atoms with Crippen LogP contribution in [0.5, 0.6) is 17.2 Å². The van der Waals surface area contributed by atoms with Crippen LogP contribution in [0.2, 0.25) is 0 Å². The first-order valence-electron chi connectivity index (χ1n) is 6.38. The molecule has 3 rings (SSSR count). The number of benzene rings is 2. The highest BCUT2D eigenvalue weighted by molar-refractivity contribution is 5.55. The minimum Gasteiger partial charge on any atom is -0.504 e. The Labute approximate surface area is 112 Å². The maximum absolute atomic E-state index is 9.76. The molecule has 0 spiro atoms. The van der Waals surface area contributed by atoms with Gasteiger partial charge in [0.05, 0.1) is 6.61 Å². The first-order chi connectivity index (χ1) is 9.15. The SMILES string of the molecule is Cc1ccc([C@H]2COc3c(ccc(O)c3O)C2)cc1. The van der Waals surface area contributed by atoms with Crippen LogP contribution in [0.4, 0.5) is 0 Å². The molecular weight excluding hydrogens is 240 g/mol. The molecule has 0 aromatic heterocycles. The third-order valence-electron chi connectivity index (χ3n) is 3.64. The number of rotatable bonds is 1. The Morgan fingerprint density at radius 1 is 1.05 bits per heavy atom. The fourth-order valence-electron chi connectivity index (χ4n) is 2.49. The van der Waals surface area contributed by atoms with Crippen molar-refractivity contribution >= 4 is 0 Å². The minimum atomic E-state index is -0.153. The number of hydrogen-bond donors (Lipinski definition) is 2. The molecule has 98 valence electrons. The molecule has 0 amide bonds. The van der Waals surface area contributed by atoms with Crippen LogP contribution in [0.3, 0.4) is 0 Å². The highest BCUT2D eigenvalue weighted by Crippen LogP contribution is 2.43. The number of hydrogen-bond acceptors (Lipinski definition) is 3. The predicted molar refractivity (Wildman–Crippen MR) is 72.9 cm³/mol. The Kier molecular flexibility index (Phi) is 2.82. The molecule has 0 radical (unpaired) electrons. The third kappa shape index (κ3) is 2.12.